The van der Waals surface area contributed by atoms with Crippen molar-refractivity contribution < 1.29 is 32.5 Å². The largest absolute Gasteiger partial charge is 0.497 e. The molecule has 1 atom stereocenters. The Labute approximate surface area is 236 Å². The summed E-state index contributed by atoms with van der Waals surface area (Å²) in [6, 6.07) is 10.2. The van der Waals surface area contributed by atoms with Crippen molar-refractivity contribution in [3.8, 4) is 17.0 Å². The first kappa shape index (κ1) is 29.9. The fourth-order valence-electron chi connectivity index (χ4n) is 4.98. The van der Waals surface area contributed by atoms with Gasteiger partial charge in [0, 0.05) is 35.0 Å². The number of benzene rings is 2. The molecule has 1 amide bonds. The van der Waals surface area contributed by atoms with Crippen molar-refractivity contribution >= 4 is 22.6 Å². The van der Waals surface area contributed by atoms with Crippen LogP contribution in [0.3, 0.4) is 0 Å². The topological polar surface area (TPSA) is 101 Å². The third-order valence-electron chi connectivity index (χ3n) is 7.36. The van der Waals surface area contributed by atoms with Crippen molar-refractivity contribution in [2.45, 2.75) is 71.0 Å². The number of unbranched alkanes of at least 4 members (excludes halogenated alkanes) is 2. The molecule has 0 aliphatic heterocycles. The van der Waals surface area contributed by atoms with Gasteiger partial charge in [-0.1, -0.05) is 19.8 Å². The van der Waals surface area contributed by atoms with Crippen molar-refractivity contribution in [3.63, 3.8) is 0 Å². The molecule has 0 saturated carbocycles. The zero-order valence-electron chi connectivity index (χ0n) is 23.5. The number of rotatable bonds is 13. The number of nitrogens with one attached hydrogen (secondary N) is 4. The molecule has 218 valence electrons. The van der Waals surface area contributed by atoms with Gasteiger partial charge in [-0.3, -0.25) is 9.59 Å². The summed E-state index contributed by atoms with van der Waals surface area (Å²) >= 11 is 0. The third kappa shape index (κ3) is 7.56. The SMILES string of the molecule is CCC(=O)CCCCC[C@H](NC(=O)Cc1c(C)[nH]c2ccc(OC)cc12)c1[nH]c(-c2ccc(C(F)(F)F)cc2)c[nH+]1. The van der Waals surface area contributed by atoms with E-state index < -0.39 is 11.7 Å². The maximum absolute atomic E-state index is 13.3. The number of ketones is 1. The Kier molecular flexibility index (Phi) is 9.52. The molecule has 4 aromatic rings. The lowest BCUT2D eigenvalue weighted by Crippen LogP contribution is -2.33. The summed E-state index contributed by atoms with van der Waals surface area (Å²) in [6.45, 7) is 3.79. The molecule has 0 radical (unpaired) electrons. The fraction of sp³-hybridized carbons (Fsp3) is 0.387. The van der Waals surface area contributed by atoms with Gasteiger partial charge in [-0.2, -0.15) is 13.2 Å². The van der Waals surface area contributed by atoms with E-state index in [4.69, 9.17) is 4.74 Å². The first-order valence-corrected chi connectivity index (χ1v) is 13.8. The summed E-state index contributed by atoms with van der Waals surface area (Å²) in [4.78, 5) is 34.7. The first-order valence-electron chi connectivity index (χ1n) is 13.8. The molecule has 0 aliphatic rings. The highest BCUT2D eigenvalue weighted by Gasteiger charge is 2.30. The Morgan fingerprint density at radius 1 is 1.05 bits per heavy atom. The molecule has 0 spiro atoms. The zero-order valence-corrected chi connectivity index (χ0v) is 23.5. The molecule has 2 heterocycles. The molecule has 7 nitrogen and oxygen atoms in total. The molecule has 0 bridgehead atoms. The van der Waals surface area contributed by atoms with Crippen LogP contribution < -0.4 is 15.0 Å². The monoisotopic (exact) mass is 569 g/mol. The Morgan fingerprint density at radius 3 is 2.49 bits per heavy atom. The standard InChI is InChI=1S/C31H35F3N4O3/c1-4-22(39)8-6-5-7-9-27(30-35-18-28(38-30)20-10-12-21(13-11-20)31(32,33)34)37-29(40)17-24-19(2)36-26-15-14-23(41-3)16-25(24)26/h10-16,18,27,36H,4-9,17H2,1-3H3,(H,35,38)(H,37,40)/p+1/t27-/m0/s1. The van der Waals surface area contributed by atoms with Gasteiger partial charge in [0.1, 0.15) is 23.8 Å². The van der Waals surface area contributed by atoms with E-state index in [1.54, 1.807) is 13.3 Å². The molecule has 2 aromatic heterocycles. The van der Waals surface area contributed by atoms with E-state index in [2.05, 4.69) is 20.3 Å². The van der Waals surface area contributed by atoms with Gasteiger partial charge in [-0.25, -0.2) is 9.97 Å². The van der Waals surface area contributed by atoms with Crippen LogP contribution in [0.1, 0.15) is 74.1 Å². The average molecular weight is 570 g/mol. The summed E-state index contributed by atoms with van der Waals surface area (Å²) < 4.78 is 44.3. The minimum Gasteiger partial charge on any atom is -0.497 e. The lowest BCUT2D eigenvalue weighted by atomic mass is 10.0. The highest BCUT2D eigenvalue weighted by molar-refractivity contribution is 5.91. The molecule has 10 heteroatoms. The normalized spacial score (nSPS) is 12.4. The molecular formula is C31H36F3N4O3+. The molecule has 0 unspecified atom stereocenters. The fourth-order valence-corrected chi connectivity index (χ4v) is 4.98. The van der Waals surface area contributed by atoms with Gasteiger partial charge in [-0.05, 0) is 67.8 Å². The quantitative estimate of drug-likeness (QED) is 0.157. The van der Waals surface area contributed by atoms with Gasteiger partial charge in [0.05, 0.1) is 19.1 Å². The van der Waals surface area contributed by atoms with Crippen molar-refractivity contribution in [1.82, 2.24) is 15.3 Å². The van der Waals surface area contributed by atoms with Crippen LogP contribution in [0.5, 0.6) is 5.75 Å². The van der Waals surface area contributed by atoms with Crippen molar-refractivity contribution in [3.05, 3.63) is 71.3 Å². The first-order chi connectivity index (χ1) is 19.6. The number of halogens is 3. The molecular weight excluding hydrogens is 533 g/mol. The minimum absolute atomic E-state index is 0.160. The van der Waals surface area contributed by atoms with Crippen LogP contribution in [0.15, 0.2) is 48.7 Å². The van der Waals surface area contributed by atoms with Gasteiger partial charge in [0.2, 0.25) is 5.91 Å². The van der Waals surface area contributed by atoms with Crippen LogP contribution in [0, 0.1) is 6.92 Å². The molecule has 4 N–H and O–H groups in total. The van der Waals surface area contributed by atoms with Crippen molar-refractivity contribution in [2.24, 2.45) is 0 Å². The van der Waals surface area contributed by atoms with Gasteiger partial charge in [-0.15, -0.1) is 0 Å². The van der Waals surface area contributed by atoms with E-state index in [-0.39, 0.29) is 24.2 Å². The van der Waals surface area contributed by atoms with Gasteiger partial charge < -0.3 is 15.0 Å². The Balaban J connectivity index is 1.51. The number of amides is 1. The second-order valence-corrected chi connectivity index (χ2v) is 10.2. The number of fused-ring (bicyclic) bond motifs is 1. The van der Waals surface area contributed by atoms with Crippen LogP contribution in [-0.2, 0) is 22.2 Å². The number of hydrogen-bond acceptors (Lipinski definition) is 3. The van der Waals surface area contributed by atoms with Crippen LogP contribution in [0.25, 0.3) is 22.2 Å². The summed E-state index contributed by atoms with van der Waals surface area (Å²) in [7, 11) is 1.60. The summed E-state index contributed by atoms with van der Waals surface area (Å²) in [5, 5.41) is 4.06. The number of hydrogen-bond donors (Lipinski definition) is 3. The van der Waals surface area contributed by atoms with Crippen molar-refractivity contribution in [2.75, 3.05) is 7.11 Å². The predicted octanol–water partition coefficient (Wildman–Crippen LogP) is 6.64. The number of aromatic nitrogens is 3. The lowest BCUT2D eigenvalue weighted by molar-refractivity contribution is -0.391. The third-order valence-corrected chi connectivity index (χ3v) is 7.36. The van der Waals surface area contributed by atoms with Crippen LogP contribution in [0.4, 0.5) is 13.2 Å². The second-order valence-electron chi connectivity index (χ2n) is 10.2. The van der Waals surface area contributed by atoms with Crippen molar-refractivity contribution in [1.29, 1.82) is 0 Å². The number of carbonyl (C=O) groups excluding carboxylic acids is 2. The van der Waals surface area contributed by atoms with Gasteiger partial charge in [0.15, 0.2) is 5.69 Å². The second kappa shape index (κ2) is 13.1. The number of alkyl halides is 3. The van der Waals surface area contributed by atoms with E-state index in [9.17, 15) is 22.8 Å². The smallest absolute Gasteiger partial charge is 0.416 e. The highest BCUT2D eigenvalue weighted by Crippen LogP contribution is 2.31. The minimum atomic E-state index is -4.41. The molecule has 2 aromatic carbocycles. The number of ether oxygens (including phenoxy) is 1. The zero-order chi connectivity index (χ0) is 29.6. The van der Waals surface area contributed by atoms with E-state index in [1.165, 1.54) is 12.1 Å². The Bertz CT molecular complexity index is 1490. The maximum Gasteiger partial charge on any atom is 0.416 e. The van der Waals surface area contributed by atoms with E-state index >= 15 is 0 Å². The van der Waals surface area contributed by atoms with E-state index in [0.717, 1.165) is 53.6 Å². The molecule has 0 saturated heterocycles. The summed E-state index contributed by atoms with van der Waals surface area (Å²) in [5.74, 6) is 1.42. The molecule has 4 rings (SSSR count). The van der Waals surface area contributed by atoms with E-state index in [0.29, 0.717) is 42.1 Å². The molecule has 0 fully saturated rings. The Hall–Kier alpha value is -4.08. The number of Topliss-reactive ketones (excluding diaryl/α,β-unsaturated/α-hetero) is 1. The van der Waals surface area contributed by atoms with Crippen LogP contribution in [0.2, 0.25) is 0 Å². The number of methoxy groups -OCH3 is 1. The van der Waals surface area contributed by atoms with E-state index in [1.807, 2.05) is 32.0 Å². The summed E-state index contributed by atoms with van der Waals surface area (Å²) in [6.07, 6.45) is 1.55. The Morgan fingerprint density at radius 2 is 1.80 bits per heavy atom. The summed E-state index contributed by atoms with van der Waals surface area (Å²) in [5.41, 5.74) is 3.19. The highest BCUT2D eigenvalue weighted by atomic mass is 19.4. The number of carbonyl (C=O) groups is 2. The van der Waals surface area contributed by atoms with Gasteiger partial charge >= 0.3 is 6.18 Å². The number of H-pyrrole nitrogens is 3. The lowest BCUT2D eigenvalue weighted by Gasteiger charge is -2.14. The average Bonchev–Trinajstić information content (AvgIpc) is 3.56. The number of aromatic amines is 3. The number of aryl methyl sites for hydroxylation is 1. The number of imidazole rings is 1. The van der Waals surface area contributed by atoms with Gasteiger partial charge in [0.25, 0.3) is 5.82 Å². The van der Waals surface area contributed by atoms with Crippen LogP contribution in [-0.4, -0.2) is 28.8 Å². The van der Waals surface area contributed by atoms with Crippen LogP contribution >= 0.6 is 0 Å². The molecule has 0 aliphatic carbocycles. The molecule has 41 heavy (non-hydrogen) atoms. The predicted molar refractivity (Wildman–Crippen MR) is 150 cm³/mol. The maximum atomic E-state index is 13.3.